The van der Waals surface area contributed by atoms with Crippen molar-refractivity contribution in [1.82, 2.24) is 5.32 Å². The third-order valence-corrected chi connectivity index (χ3v) is 6.29. The number of hydrogen-bond acceptors (Lipinski definition) is 8. The molecule has 178 valence electrons. The van der Waals surface area contributed by atoms with E-state index in [4.69, 9.17) is 25.8 Å². The minimum absolute atomic E-state index is 0.00473. The molecule has 9 heteroatoms. The second-order valence-electron chi connectivity index (χ2n) is 8.22. The molecular formula is C24H28ClNO7. The maximum Gasteiger partial charge on any atom is 0.336 e. The predicted octanol–water partition coefficient (Wildman–Crippen LogP) is 3.62. The first kappa shape index (κ1) is 24.6. The number of Topliss-reactive ketones (excluding diaryl/α,β-unsaturated/α-hetero) is 1. The number of nitrogens with one attached hydrogen (secondary N) is 1. The van der Waals surface area contributed by atoms with Crippen molar-refractivity contribution in [2.75, 3.05) is 20.8 Å². The number of dihydropyridines is 1. The van der Waals surface area contributed by atoms with Crippen LogP contribution in [0.4, 0.5) is 0 Å². The highest BCUT2D eigenvalue weighted by atomic mass is 35.5. The molecule has 0 aromatic heterocycles. The summed E-state index contributed by atoms with van der Waals surface area (Å²) in [5, 5.41) is 13.4. The number of benzene rings is 1. The Morgan fingerprint density at radius 1 is 1.27 bits per heavy atom. The summed E-state index contributed by atoms with van der Waals surface area (Å²) in [5.41, 5.74) is 2.14. The molecular weight excluding hydrogens is 450 g/mol. The van der Waals surface area contributed by atoms with Gasteiger partial charge in [-0.25, -0.2) is 4.79 Å². The van der Waals surface area contributed by atoms with Crippen LogP contribution in [0, 0.1) is 11.8 Å². The van der Waals surface area contributed by atoms with Crippen LogP contribution in [0.5, 0.6) is 11.5 Å². The van der Waals surface area contributed by atoms with Crippen LogP contribution in [0.3, 0.4) is 0 Å². The van der Waals surface area contributed by atoms with E-state index < -0.39 is 29.6 Å². The number of methoxy groups -OCH3 is 2. The topological polar surface area (TPSA) is 111 Å². The van der Waals surface area contributed by atoms with Crippen molar-refractivity contribution in [3.63, 3.8) is 0 Å². The Balaban J connectivity index is 2.24. The van der Waals surface area contributed by atoms with E-state index in [-0.39, 0.29) is 40.2 Å². The van der Waals surface area contributed by atoms with Gasteiger partial charge in [0.15, 0.2) is 17.3 Å². The largest absolute Gasteiger partial charge is 0.503 e. The minimum atomic E-state index is -1.00. The Kier molecular flexibility index (Phi) is 7.37. The number of phenolic OH excluding ortho intramolecular Hbond substituents is 1. The summed E-state index contributed by atoms with van der Waals surface area (Å²) in [6.45, 7) is 5.64. The van der Waals surface area contributed by atoms with Gasteiger partial charge in [-0.05, 0) is 43.4 Å². The van der Waals surface area contributed by atoms with Crippen molar-refractivity contribution in [2.24, 2.45) is 11.8 Å². The molecule has 0 fully saturated rings. The number of ether oxygens (including phenoxy) is 3. The fraction of sp³-hybridized carbons (Fsp3) is 0.458. The fourth-order valence-electron chi connectivity index (χ4n) is 4.47. The van der Waals surface area contributed by atoms with Crippen molar-refractivity contribution < 1.29 is 33.7 Å². The van der Waals surface area contributed by atoms with Gasteiger partial charge >= 0.3 is 11.9 Å². The monoisotopic (exact) mass is 477 g/mol. The van der Waals surface area contributed by atoms with Gasteiger partial charge < -0.3 is 24.6 Å². The smallest absolute Gasteiger partial charge is 0.336 e. The zero-order valence-electron chi connectivity index (χ0n) is 19.3. The molecule has 1 aromatic rings. The number of phenols is 1. The lowest BCUT2D eigenvalue weighted by molar-refractivity contribution is -0.151. The molecule has 1 aliphatic heterocycles. The van der Waals surface area contributed by atoms with Crippen molar-refractivity contribution >= 4 is 29.3 Å². The third kappa shape index (κ3) is 4.44. The van der Waals surface area contributed by atoms with Gasteiger partial charge in [0, 0.05) is 22.9 Å². The number of halogens is 1. The van der Waals surface area contributed by atoms with Gasteiger partial charge in [0.2, 0.25) is 0 Å². The zero-order chi connectivity index (χ0) is 24.4. The Morgan fingerprint density at radius 3 is 2.58 bits per heavy atom. The number of hydrogen-bond donors (Lipinski definition) is 2. The lowest BCUT2D eigenvalue weighted by Gasteiger charge is -2.38. The van der Waals surface area contributed by atoms with Crippen LogP contribution in [-0.4, -0.2) is 43.7 Å². The molecule has 0 saturated heterocycles. The first-order chi connectivity index (χ1) is 15.7. The van der Waals surface area contributed by atoms with E-state index in [1.807, 2.05) is 13.8 Å². The quantitative estimate of drug-likeness (QED) is 0.472. The molecule has 1 heterocycles. The van der Waals surface area contributed by atoms with Crippen LogP contribution in [0.2, 0.25) is 5.02 Å². The molecule has 0 amide bonds. The van der Waals surface area contributed by atoms with Crippen LogP contribution in [0.25, 0.3) is 0 Å². The Bertz CT molecular complexity index is 1060. The molecule has 2 aliphatic rings. The van der Waals surface area contributed by atoms with E-state index in [1.54, 1.807) is 6.92 Å². The first-order valence-corrected chi connectivity index (χ1v) is 11.1. The van der Waals surface area contributed by atoms with Crippen LogP contribution in [0.15, 0.2) is 34.7 Å². The minimum Gasteiger partial charge on any atom is -0.503 e. The SMILES string of the molecule is CCCOC(=O)C1=C(C)NC2=C(C(=O)C(C(=O)OC)C(C)C2)C1c1cc(Cl)c(O)c(OC)c1. The summed E-state index contributed by atoms with van der Waals surface area (Å²) in [6, 6.07) is 3.01. The third-order valence-electron chi connectivity index (χ3n) is 6.00. The van der Waals surface area contributed by atoms with Crippen LogP contribution in [0.1, 0.15) is 45.1 Å². The molecule has 0 radical (unpaired) electrons. The summed E-state index contributed by atoms with van der Waals surface area (Å²) < 4.78 is 15.6. The summed E-state index contributed by atoms with van der Waals surface area (Å²) >= 11 is 6.25. The Morgan fingerprint density at radius 2 is 1.97 bits per heavy atom. The van der Waals surface area contributed by atoms with Gasteiger partial charge in [0.05, 0.1) is 31.4 Å². The molecule has 8 nitrogen and oxygen atoms in total. The highest BCUT2D eigenvalue weighted by molar-refractivity contribution is 6.32. The average molecular weight is 478 g/mol. The summed E-state index contributed by atoms with van der Waals surface area (Å²) in [4.78, 5) is 39.2. The van der Waals surface area contributed by atoms with Gasteiger partial charge in [-0.2, -0.15) is 0 Å². The summed E-state index contributed by atoms with van der Waals surface area (Å²) in [6.07, 6.45) is 1.04. The molecule has 3 rings (SSSR count). The molecule has 0 saturated carbocycles. The number of esters is 2. The number of carbonyl (C=O) groups is 3. The van der Waals surface area contributed by atoms with Crippen LogP contribution >= 0.6 is 11.6 Å². The van der Waals surface area contributed by atoms with E-state index >= 15 is 0 Å². The van der Waals surface area contributed by atoms with E-state index in [1.165, 1.54) is 26.4 Å². The van der Waals surface area contributed by atoms with E-state index in [9.17, 15) is 19.5 Å². The number of aromatic hydroxyl groups is 1. The lowest BCUT2D eigenvalue weighted by atomic mass is 9.69. The fourth-order valence-corrected chi connectivity index (χ4v) is 4.69. The standard InChI is InChI=1S/C24H28ClNO7/c1-6-7-33-24(30)18-12(3)26-15-8-11(2)17(23(29)32-5)22(28)20(15)19(18)13-9-14(25)21(27)16(10-13)31-4/h9-11,17,19,26-27H,6-8H2,1-5H3. The second-order valence-corrected chi connectivity index (χ2v) is 8.63. The maximum atomic E-state index is 13.7. The molecule has 3 unspecified atom stereocenters. The summed E-state index contributed by atoms with van der Waals surface area (Å²) in [7, 11) is 2.62. The molecule has 0 bridgehead atoms. The van der Waals surface area contributed by atoms with Crippen molar-refractivity contribution in [3.8, 4) is 11.5 Å². The van der Waals surface area contributed by atoms with Crippen molar-refractivity contribution in [1.29, 1.82) is 0 Å². The van der Waals surface area contributed by atoms with Gasteiger partial charge in [-0.15, -0.1) is 0 Å². The summed E-state index contributed by atoms with van der Waals surface area (Å²) in [5.74, 6) is -3.95. The van der Waals surface area contributed by atoms with Gasteiger partial charge in [-0.1, -0.05) is 25.4 Å². The number of allylic oxidation sites excluding steroid dienone is 3. The van der Waals surface area contributed by atoms with Crippen molar-refractivity contribution in [3.05, 3.63) is 45.3 Å². The molecule has 33 heavy (non-hydrogen) atoms. The Labute approximate surface area is 197 Å². The predicted molar refractivity (Wildman–Crippen MR) is 121 cm³/mol. The van der Waals surface area contributed by atoms with E-state index in [0.717, 1.165) is 0 Å². The number of rotatable bonds is 6. The number of carbonyl (C=O) groups excluding carboxylic acids is 3. The van der Waals surface area contributed by atoms with Gasteiger partial charge in [0.25, 0.3) is 0 Å². The highest BCUT2D eigenvalue weighted by Gasteiger charge is 2.47. The molecule has 3 atom stereocenters. The van der Waals surface area contributed by atoms with E-state index in [0.29, 0.717) is 29.8 Å². The maximum absolute atomic E-state index is 13.7. The molecule has 2 N–H and O–H groups in total. The normalized spacial score (nSPS) is 22.5. The molecule has 1 aliphatic carbocycles. The Hall–Kier alpha value is -3.00. The molecule has 0 spiro atoms. The highest BCUT2D eigenvalue weighted by Crippen LogP contribution is 2.48. The first-order valence-electron chi connectivity index (χ1n) is 10.7. The van der Waals surface area contributed by atoms with E-state index in [2.05, 4.69) is 5.32 Å². The number of ketones is 1. The van der Waals surface area contributed by atoms with Gasteiger partial charge in [-0.3, -0.25) is 9.59 Å². The molecule has 1 aromatic carbocycles. The van der Waals surface area contributed by atoms with Crippen molar-refractivity contribution in [2.45, 2.75) is 39.5 Å². The average Bonchev–Trinajstić information content (AvgIpc) is 2.77. The van der Waals surface area contributed by atoms with Crippen LogP contribution < -0.4 is 10.1 Å². The lowest BCUT2D eigenvalue weighted by Crippen LogP contribution is -2.43. The zero-order valence-corrected chi connectivity index (χ0v) is 20.0. The van der Waals surface area contributed by atoms with Crippen LogP contribution in [-0.2, 0) is 23.9 Å². The second kappa shape index (κ2) is 9.87. The van der Waals surface area contributed by atoms with Gasteiger partial charge in [0.1, 0.15) is 5.92 Å².